The Morgan fingerprint density at radius 2 is 2.10 bits per heavy atom. The zero-order chi connectivity index (χ0) is 7.82. The molecular formula is C7H15N2O. The highest BCUT2D eigenvalue weighted by Crippen LogP contribution is 1.77. The normalized spacial score (nSPS) is 9.90. The van der Waals surface area contributed by atoms with Crippen LogP contribution in [0.5, 0.6) is 0 Å². The number of carbonyl (C=O) groups excluding carboxylic acids is 1. The third kappa shape index (κ3) is 7.43. The highest BCUT2D eigenvalue weighted by atomic mass is 16.1. The lowest BCUT2D eigenvalue weighted by Gasteiger charge is -2.06. The van der Waals surface area contributed by atoms with Gasteiger partial charge >= 0.3 is 6.41 Å². The molecule has 0 atom stereocenters. The Labute approximate surface area is 62.2 Å². The number of nitrogens with one attached hydrogen (secondary N) is 2. The summed E-state index contributed by atoms with van der Waals surface area (Å²) in [6.07, 6.45) is 2.59. The molecule has 2 N–H and O–H groups in total. The van der Waals surface area contributed by atoms with E-state index in [9.17, 15) is 4.79 Å². The van der Waals surface area contributed by atoms with E-state index in [0.717, 1.165) is 13.0 Å². The van der Waals surface area contributed by atoms with E-state index >= 15 is 0 Å². The van der Waals surface area contributed by atoms with Crippen LogP contribution in [-0.2, 0) is 4.79 Å². The second kappa shape index (κ2) is 6.55. The van der Waals surface area contributed by atoms with Crippen molar-refractivity contribution in [1.82, 2.24) is 10.6 Å². The number of amides is 1. The molecule has 0 bridgehead atoms. The summed E-state index contributed by atoms with van der Waals surface area (Å²) in [6, 6.07) is 0.528. The van der Waals surface area contributed by atoms with Gasteiger partial charge in [0.15, 0.2) is 0 Å². The average molecular weight is 143 g/mol. The predicted molar refractivity (Wildman–Crippen MR) is 41.5 cm³/mol. The van der Waals surface area contributed by atoms with Gasteiger partial charge in [-0.25, -0.2) is 0 Å². The molecule has 0 spiro atoms. The van der Waals surface area contributed by atoms with Crippen LogP contribution in [0.25, 0.3) is 0 Å². The van der Waals surface area contributed by atoms with Crippen LogP contribution >= 0.6 is 0 Å². The van der Waals surface area contributed by atoms with E-state index in [2.05, 4.69) is 24.5 Å². The first-order valence-electron chi connectivity index (χ1n) is 3.60. The Hall–Kier alpha value is -0.570. The van der Waals surface area contributed by atoms with Crippen molar-refractivity contribution in [1.29, 1.82) is 0 Å². The van der Waals surface area contributed by atoms with Crippen LogP contribution in [0.3, 0.4) is 0 Å². The Balaban J connectivity index is 2.83. The van der Waals surface area contributed by atoms with E-state index < -0.39 is 0 Å². The molecule has 1 radical (unpaired) electrons. The smallest absolute Gasteiger partial charge is 0.309 e. The van der Waals surface area contributed by atoms with Gasteiger partial charge in [-0.15, -0.1) is 0 Å². The molecule has 0 saturated carbocycles. The van der Waals surface area contributed by atoms with Gasteiger partial charge in [0.2, 0.25) is 0 Å². The molecule has 0 aromatic carbocycles. The molecule has 0 fully saturated rings. The molecule has 10 heavy (non-hydrogen) atoms. The minimum absolute atomic E-state index is 0.528. The summed E-state index contributed by atoms with van der Waals surface area (Å²) in [5.41, 5.74) is 0. The number of hydrogen-bond donors (Lipinski definition) is 2. The summed E-state index contributed by atoms with van der Waals surface area (Å²) in [7, 11) is 0. The summed E-state index contributed by atoms with van der Waals surface area (Å²) in [4.78, 5) is 9.65. The zero-order valence-corrected chi connectivity index (χ0v) is 6.61. The number of rotatable bonds is 6. The lowest BCUT2D eigenvalue weighted by atomic mass is 10.3. The third-order valence-electron chi connectivity index (χ3n) is 1.10. The second-order valence-electron chi connectivity index (χ2n) is 2.49. The van der Waals surface area contributed by atoms with Gasteiger partial charge in [0.25, 0.3) is 0 Å². The molecule has 59 valence electrons. The molecule has 0 rings (SSSR count). The Bertz CT molecular complexity index is 83.7. The van der Waals surface area contributed by atoms with E-state index in [-0.39, 0.29) is 0 Å². The van der Waals surface area contributed by atoms with Crippen molar-refractivity contribution >= 4 is 6.41 Å². The molecule has 0 aliphatic carbocycles. The number of hydrogen-bond acceptors (Lipinski definition) is 2. The van der Waals surface area contributed by atoms with Gasteiger partial charge in [-0.1, -0.05) is 13.8 Å². The van der Waals surface area contributed by atoms with Crippen molar-refractivity contribution in [3.8, 4) is 0 Å². The highest BCUT2D eigenvalue weighted by Gasteiger charge is 1.89. The van der Waals surface area contributed by atoms with Crippen LogP contribution in [0.2, 0.25) is 0 Å². The molecule has 0 aliphatic heterocycles. The van der Waals surface area contributed by atoms with Crippen LogP contribution in [-0.4, -0.2) is 25.5 Å². The summed E-state index contributed by atoms with van der Waals surface area (Å²) < 4.78 is 0. The Kier molecular flexibility index (Phi) is 6.18. The molecular weight excluding hydrogens is 128 g/mol. The van der Waals surface area contributed by atoms with Gasteiger partial charge in [-0.3, -0.25) is 4.79 Å². The summed E-state index contributed by atoms with van der Waals surface area (Å²) in [5.74, 6) is 0. The third-order valence-corrected chi connectivity index (χ3v) is 1.10. The molecule has 0 aliphatic rings. The lowest BCUT2D eigenvalue weighted by Crippen LogP contribution is -2.26. The topological polar surface area (TPSA) is 41.1 Å². The van der Waals surface area contributed by atoms with E-state index in [4.69, 9.17) is 0 Å². The first-order valence-corrected chi connectivity index (χ1v) is 3.60. The summed E-state index contributed by atoms with van der Waals surface area (Å²) in [5, 5.41) is 5.71. The summed E-state index contributed by atoms with van der Waals surface area (Å²) >= 11 is 0. The van der Waals surface area contributed by atoms with E-state index in [1.807, 2.05) is 0 Å². The van der Waals surface area contributed by atoms with Crippen LogP contribution < -0.4 is 10.6 Å². The van der Waals surface area contributed by atoms with Gasteiger partial charge in [0, 0.05) is 12.6 Å². The fourth-order valence-electron chi connectivity index (χ4n) is 0.619. The predicted octanol–water partition coefficient (Wildman–Crippen LogP) is 0.0313. The van der Waals surface area contributed by atoms with Crippen molar-refractivity contribution < 1.29 is 4.79 Å². The fourth-order valence-corrected chi connectivity index (χ4v) is 0.619. The SMILES string of the molecule is CC(C)NCCCN[C]=O. The van der Waals surface area contributed by atoms with Crippen molar-refractivity contribution in [2.24, 2.45) is 0 Å². The standard InChI is InChI=1S/C7H15N2O/c1-7(2)9-5-3-4-8-6-10/h7,9H,3-5H2,1-2H3,(H,8,10). The van der Waals surface area contributed by atoms with Gasteiger partial charge in [0.1, 0.15) is 0 Å². The molecule has 0 aromatic rings. The lowest BCUT2D eigenvalue weighted by molar-refractivity contribution is 0.531. The van der Waals surface area contributed by atoms with E-state index in [0.29, 0.717) is 12.6 Å². The van der Waals surface area contributed by atoms with Crippen molar-refractivity contribution in [3.05, 3.63) is 0 Å². The van der Waals surface area contributed by atoms with Crippen LogP contribution in [0, 0.1) is 0 Å². The second-order valence-corrected chi connectivity index (χ2v) is 2.49. The highest BCUT2D eigenvalue weighted by molar-refractivity contribution is 5.46. The first-order chi connectivity index (χ1) is 4.77. The summed E-state index contributed by atoms with van der Waals surface area (Å²) in [6.45, 7) is 5.86. The monoisotopic (exact) mass is 143 g/mol. The molecule has 0 aromatic heterocycles. The van der Waals surface area contributed by atoms with Crippen molar-refractivity contribution in [2.75, 3.05) is 13.1 Å². The van der Waals surface area contributed by atoms with Gasteiger partial charge in [-0.05, 0) is 13.0 Å². The van der Waals surface area contributed by atoms with Gasteiger partial charge < -0.3 is 10.6 Å². The average Bonchev–Trinajstić information content (AvgIpc) is 1.87. The van der Waals surface area contributed by atoms with Gasteiger partial charge in [0.05, 0.1) is 0 Å². The zero-order valence-electron chi connectivity index (χ0n) is 6.61. The van der Waals surface area contributed by atoms with E-state index in [1.54, 1.807) is 6.41 Å². The maximum atomic E-state index is 9.65. The first kappa shape index (κ1) is 9.43. The Morgan fingerprint density at radius 1 is 1.40 bits per heavy atom. The van der Waals surface area contributed by atoms with Gasteiger partial charge in [-0.2, -0.15) is 0 Å². The largest absolute Gasteiger partial charge is 0.348 e. The molecule has 1 amide bonds. The van der Waals surface area contributed by atoms with Crippen molar-refractivity contribution in [2.45, 2.75) is 26.3 Å². The quantitative estimate of drug-likeness (QED) is 0.407. The molecule has 0 unspecified atom stereocenters. The van der Waals surface area contributed by atoms with Crippen LogP contribution in [0.4, 0.5) is 0 Å². The molecule has 3 heteroatoms. The molecule has 0 heterocycles. The fraction of sp³-hybridized carbons (Fsp3) is 0.857. The molecule has 0 saturated heterocycles. The minimum atomic E-state index is 0.528. The van der Waals surface area contributed by atoms with Crippen LogP contribution in [0.1, 0.15) is 20.3 Å². The van der Waals surface area contributed by atoms with E-state index in [1.165, 1.54) is 0 Å². The maximum absolute atomic E-state index is 9.65. The maximum Gasteiger partial charge on any atom is 0.309 e. The van der Waals surface area contributed by atoms with Crippen LogP contribution in [0.15, 0.2) is 0 Å². The minimum Gasteiger partial charge on any atom is -0.348 e. The van der Waals surface area contributed by atoms with Crippen molar-refractivity contribution in [3.63, 3.8) is 0 Å². The Morgan fingerprint density at radius 3 is 2.60 bits per heavy atom. The molecule has 3 nitrogen and oxygen atoms in total.